The van der Waals surface area contributed by atoms with Gasteiger partial charge in [0.25, 0.3) is 0 Å². The zero-order chi connectivity index (χ0) is 10.3. The van der Waals surface area contributed by atoms with Crippen LogP contribution in [0.25, 0.3) is 0 Å². The van der Waals surface area contributed by atoms with E-state index in [1.807, 2.05) is 7.05 Å². The van der Waals surface area contributed by atoms with Crippen molar-refractivity contribution in [2.45, 2.75) is 19.9 Å². The molecule has 0 aromatic heterocycles. The van der Waals surface area contributed by atoms with Gasteiger partial charge in [-0.2, -0.15) is 0 Å². The van der Waals surface area contributed by atoms with E-state index in [1.54, 1.807) is 0 Å². The lowest BCUT2D eigenvalue weighted by molar-refractivity contribution is 0.225. The maximum Gasteiger partial charge on any atom is 0.0109 e. The summed E-state index contributed by atoms with van der Waals surface area (Å²) >= 11 is 0. The molecule has 0 aromatic rings. The highest BCUT2D eigenvalue weighted by atomic mass is 15.2. The molecular formula is C10H25N3. The first-order chi connectivity index (χ1) is 6.07. The second kappa shape index (κ2) is 7.30. The van der Waals surface area contributed by atoms with Crippen LogP contribution in [0.5, 0.6) is 0 Å². The van der Waals surface area contributed by atoms with Crippen molar-refractivity contribution < 1.29 is 0 Å². The molecular weight excluding hydrogens is 162 g/mol. The average molecular weight is 187 g/mol. The van der Waals surface area contributed by atoms with Gasteiger partial charge in [-0.15, -0.1) is 0 Å². The Morgan fingerprint density at radius 2 is 1.69 bits per heavy atom. The first-order valence-electron chi connectivity index (χ1n) is 5.11. The highest BCUT2D eigenvalue weighted by Crippen LogP contribution is 1.93. The molecule has 0 fully saturated rings. The van der Waals surface area contributed by atoms with Crippen LogP contribution in [0.1, 0.15) is 13.8 Å². The Morgan fingerprint density at radius 1 is 1.08 bits per heavy atom. The van der Waals surface area contributed by atoms with E-state index in [1.165, 1.54) is 0 Å². The Labute approximate surface area is 83.1 Å². The third-order valence-electron chi connectivity index (χ3n) is 2.46. The van der Waals surface area contributed by atoms with E-state index in [-0.39, 0.29) is 0 Å². The van der Waals surface area contributed by atoms with Crippen LogP contribution in [0, 0.1) is 0 Å². The zero-order valence-electron chi connectivity index (χ0n) is 9.80. The van der Waals surface area contributed by atoms with Crippen LogP contribution < -0.4 is 5.32 Å². The summed E-state index contributed by atoms with van der Waals surface area (Å²) in [5.74, 6) is 0. The third-order valence-corrected chi connectivity index (χ3v) is 2.46. The van der Waals surface area contributed by atoms with Crippen molar-refractivity contribution >= 4 is 0 Å². The summed E-state index contributed by atoms with van der Waals surface area (Å²) in [7, 11) is 6.34. The van der Waals surface area contributed by atoms with Crippen LogP contribution >= 0.6 is 0 Å². The predicted octanol–water partition coefficient (Wildman–Crippen LogP) is 0.478. The third kappa shape index (κ3) is 6.99. The average Bonchev–Trinajstić information content (AvgIpc) is 2.10. The molecule has 0 bridgehead atoms. The molecule has 0 saturated carbocycles. The summed E-state index contributed by atoms with van der Waals surface area (Å²) in [4.78, 5) is 4.73. The first kappa shape index (κ1) is 12.9. The molecule has 0 saturated heterocycles. The van der Waals surface area contributed by atoms with E-state index >= 15 is 0 Å². The summed E-state index contributed by atoms with van der Waals surface area (Å²) in [6.45, 7) is 8.96. The van der Waals surface area contributed by atoms with E-state index < -0.39 is 0 Å². The highest BCUT2D eigenvalue weighted by molar-refractivity contribution is 4.60. The maximum absolute atomic E-state index is 3.15. The molecule has 0 aliphatic rings. The molecule has 0 amide bonds. The van der Waals surface area contributed by atoms with Crippen LogP contribution in [0.3, 0.4) is 0 Å². The Hall–Kier alpha value is -0.120. The Morgan fingerprint density at radius 3 is 2.15 bits per heavy atom. The number of nitrogens with one attached hydrogen (secondary N) is 1. The van der Waals surface area contributed by atoms with Gasteiger partial charge in [0.2, 0.25) is 0 Å². The Bertz CT molecular complexity index is 115. The standard InChI is InChI=1S/C10H25N3/c1-10(2)13(5)9-8-12(4)7-6-11-3/h10-11H,6-9H2,1-5H3. The summed E-state index contributed by atoms with van der Waals surface area (Å²) in [6.07, 6.45) is 0. The minimum absolute atomic E-state index is 0.651. The van der Waals surface area contributed by atoms with Crippen molar-refractivity contribution in [3.8, 4) is 0 Å². The van der Waals surface area contributed by atoms with Gasteiger partial charge in [0.1, 0.15) is 0 Å². The number of nitrogens with zero attached hydrogens (tertiary/aromatic N) is 2. The molecule has 0 aliphatic carbocycles. The van der Waals surface area contributed by atoms with Gasteiger partial charge in [0.05, 0.1) is 0 Å². The molecule has 0 spiro atoms. The number of hydrogen-bond donors (Lipinski definition) is 1. The molecule has 0 rings (SSSR count). The SMILES string of the molecule is CNCCN(C)CCN(C)C(C)C. The van der Waals surface area contributed by atoms with Crippen LogP contribution in [0.4, 0.5) is 0 Å². The smallest absolute Gasteiger partial charge is 0.0109 e. The van der Waals surface area contributed by atoms with Crippen molar-refractivity contribution in [2.75, 3.05) is 47.3 Å². The summed E-state index contributed by atoms with van der Waals surface area (Å²) < 4.78 is 0. The minimum atomic E-state index is 0.651. The van der Waals surface area contributed by atoms with Crippen molar-refractivity contribution in [2.24, 2.45) is 0 Å². The molecule has 80 valence electrons. The zero-order valence-corrected chi connectivity index (χ0v) is 9.80. The fraction of sp³-hybridized carbons (Fsp3) is 1.00. The lowest BCUT2D eigenvalue weighted by atomic mass is 10.3. The van der Waals surface area contributed by atoms with Crippen LogP contribution in [-0.4, -0.2) is 63.2 Å². The van der Waals surface area contributed by atoms with Crippen molar-refractivity contribution in [1.29, 1.82) is 0 Å². The number of likely N-dealkylation sites (N-methyl/N-ethyl adjacent to an activating group) is 3. The lowest BCUT2D eigenvalue weighted by Crippen LogP contribution is -2.36. The van der Waals surface area contributed by atoms with E-state index in [0.717, 1.165) is 26.2 Å². The molecule has 1 N–H and O–H groups in total. The topological polar surface area (TPSA) is 18.5 Å². The molecule has 13 heavy (non-hydrogen) atoms. The molecule has 3 nitrogen and oxygen atoms in total. The number of hydrogen-bond acceptors (Lipinski definition) is 3. The monoisotopic (exact) mass is 187 g/mol. The van der Waals surface area contributed by atoms with Gasteiger partial charge in [-0.1, -0.05) is 0 Å². The molecule has 0 aliphatic heterocycles. The van der Waals surface area contributed by atoms with Gasteiger partial charge in [0.15, 0.2) is 0 Å². The minimum Gasteiger partial charge on any atom is -0.318 e. The molecule has 3 heteroatoms. The largest absolute Gasteiger partial charge is 0.318 e. The second-order valence-corrected chi connectivity index (χ2v) is 3.98. The quantitative estimate of drug-likeness (QED) is 0.625. The van der Waals surface area contributed by atoms with Crippen molar-refractivity contribution in [1.82, 2.24) is 15.1 Å². The lowest BCUT2D eigenvalue weighted by Gasteiger charge is -2.24. The van der Waals surface area contributed by atoms with E-state index in [4.69, 9.17) is 0 Å². The van der Waals surface area contributed by atoms with Crippen LogP contribution in [-0.2, 0) is 0 Å². The van der Waals surface area contributed by atoms with Crippen molar-refractivity contribution in [3.63, 3.8) is 0 Å². The Balaban J connectivity index is 3.40. The van der Waals surface area contributed by atoms with Gasteiger partial charge >= 0.3 is 0 Å². The number of rotatable bonds is 7. The highest BCUT2D eigenvalue weighted by Gasteiger charge is 2.04. The predicted molar refractivity (Wildman–Crippen MR) is 59.2 cm³/mol. The van der Waals surface area contributed by atoms with Gasteiger partial charge in [-0.25, -0.2) is 0 Å². The van der Waals surface area contributed by atoms with Crippen LogP contribution in [0.15, 0.2) is 0 Å². The normalized spacial score (nSPS) is 12.0. The Kier molecular flexibility index (Phi) is 7.23. The molecule has 0 heterocycles. The molecule has 0 atom stereocenters. The molecule has 0 aromatic carbocycles. The van der Waals surface area contributed by atoms with Gasteiger partial charge in [-0.05, 0) is 35.0 Å². The summed E-state index contributed by atoms with van der Waals surface area (Å²) in [6, 6.07) is 0.651. The second-order valence-electron chi connectivity index (χ2n) is 3.98. The van der Waals surface area contributed by atoms with Gasteiger partial charge < -0.3 is 15.1 Å². The fourth-order valence-electron chi connectivity index (χ4n) is 1.00. The van der Waals surface area contributed by atoms with E-state index in [0.29, 0.717) is 6.04 Å². The van der Waals surface area contributed by atoms with E-state index in [2.05, 4.69) is 43.1 Å². The first-order valence-corrected chi connectivity index (χ1v) is 5.11. The maximum atomic E-state index is 3.15. The van der Waals surface area contributed by atoms with Crippen molar-refractivity contribution in [3.05, 3.63) is 0 Å². The van der Waals surface area contributed by atoms with Gasteiger partial charge in [-0.3, -0.25) is 0 Å². The molecule has 0 radical (unpaired) electrons. The van der Waals surface area contributed by atoms with E-state index in [9.17, 15) is 0 Å². The fourth-order valence-corrected chi connectivity index (χ4v) is 1.00. The summed E-state index contributed by atoms with van der Waals surface area (Å²) in [5, 5.41) is 3.15. The summed E-state index contributed by atoms with van der Waals surface area (Å²) in [5.41, 5.74) is 0. The van der Waals surface area contributed by atoms with Crippen LogP contribution in [0.2, 0.25) is 0 Å². The molecule has 0 unspecified atom stereocenters. The van der Waals surface area contributed by atoms with Gasteiger partial charge in [0, 0.05) is 32.2 Å².